The first-order chi connectivity index (χ1) is 7.63. The van der Waals surface area contributed by atoms with Crippen LogP contribution in [0.5, 0.6) is 0 Å². The number of imide groups is 1. The third-order valence-electron chi connectivity index (χ3n) is 2.51. The second kappa shape index (κ2) is 3.90. The number of amides is 2. The molecule has 16 heavy (non-hydrogen) atoms. The van der Waals surface area contributed by atoms with Crippen molar-refractivity contribution in [2.24, 2.45) is 5.73 Å². The van der Waals surface area contributed by atoms with E-state index in [1.807, 2.05) is 6.07 Å². The summed E-state index contributed by atoms with van der Waals surface area (Å²) >= 11 is 0. The van der Waals surface area contributed by atoms with Gasteiger partial charge in [0.05, 0.1) is 5.69 Å². The minimum absolute atomic E-state index is 0.265. The lowest BCUT2D eigenvalue weighted by Crippen LogP contribution is -2.30. The van der Waals surface area contributed by atoms with E-state index in [0.717, 1.165) is 10.5 Å². The lowest BCUT2D eigenvalue weighted by molar-refractivity contribution is -0.120. The zero-order valence-corrected chi connectivity index (χ0v) is 8.93. The lowest BCUT2D eigenvalue weighted by Gasteiger charge is -2.15. The van der Waals surface area contributed by atoms with Gasteiger partial charge in [-0.1, -0.05) is 12.1 Å². The summed E-state index contributed by atoms with van der Waals surface area (Å²) in [5.41, 5.74) is 7.44. The summed E-state index contributed by atoms with van der Waals surface area (Å²) in [6.45, 7) is 2.02. The molecule has 0 aliphatic carbocycles. The van der Waals surface area contributed by atoms with E-state index >= 15 is 0 Å². The second-order valence-electron chi connectivity index (χ2n) is 3.68. The number of anilines is 1. The molecule has 82 valence electrons. The molecule has 0 bridgehead atoms. The molecule has 0 saturated heterocycles. The summed E-state index contributed by atoms with van der Waals surface area (Å²) in [6.07, 6.45) is 1.34. The van der Waals surface area contributed by atoms with E-state index in [0.29, 0.717) is 17.8 Å². The Balaban J connectivity index is 2.39. The van der Waals surface area contributed by atoms with Crippen molar-refractivity contribution in [2.45, 2.75) is 13.5 Å². The van der Waals surface area contributed by atoms with Crippen LogP contribution in [0.4, 0.5) is 5.69 Å². The predicted octanol–water partition coefficient (Wildman–Crippen LogP) is 0.965. The Kier molecular flexibility index (Phi) is 2.58. The van der Waals surface area contributed by atoms with Crippen LogP contribution in [-0.2, 0) is 16.1 Å². The Morgan fingerprint density at radius 1 is 1.31 bits per heavy atom. The highest BCUT2D eigenvalue weighted by molar-refractivity contribution is 6.30. The van der Waals surface area contributed by atoms with Crippen LogP contribution in [0.15, 0.2) is 35.9 Å². The molecule has 0 unspecified atom stereocenters. The van der Waals surface area contributed by atoms with Crippen molar-refractivity contribution in [1.82, 2.24) is 0 Å². The summed E-state index contributed by atoms with van der Waals surface area (Å²) in [5, 5.41) is 0. The molecule has 4 nitrogen and oxygen atoms in total. The summed E-state index contributed by atoms with van der Waals surface area (Å²) in [6, 6.07) is 7.12. The molecule has 4 heteroatoms. The maximum absolute atomic E-state index is 11.7. The fraction of sp³-hybridized carbons (Fsp3) is 0.167. The molecule has 2 rings (SSSR count). The quantitative estimate of drug-likeness (QED) is 0.749. The number of rotatable bonds is 2. The van der Waals surface area contributed by atoms with E-state index in [9.17, 15) is 9.59 Å². The average molecular weight is 216 g/mol. The van der Waals surface area contributed by atoms with E-state index in [1.54, 1.807) is 25.1 Å². The molecule has 2 N–H and O–H groups in total. The molecule has 1 heterocycles. The van der Waals surface area contributed by atoms with Crippen molar-refractivity contribution in [3.8, 4) is 0 Å². The molecule has 1 aromatic carbocycles. The normalized spacial score (nSPS) is 15.6. The predicted molar refractivity (Wildman–Crippen MR) is 60.6 cm³/mol. The van der Waals surface area contributed by atoms with Crippen LogP contribution in [0, 0.1) is 0 Å². The molecule has 1 aromatic rings. The van der Waals surface area contributed by atoms with E-state index in [1.165, 1.54) is 6.08 Å². The minimum atomic E-state index is -0.295. The van der Waals surface area contributed by atoms with Crippen LogP contribution >= 0.6 is 0 Å². The number of hydrogen-bond donors (Lipinski definition) is 1. The Labute approximate surface area is 93.3 Å². The highest BCUT2D eigenvalue weighted by Gasteiger charge is 2.29. The lowest BCUT2D eigenvalue weighted by atomic mass is 10.2. The molecule has 0 radical (unpaired) electrons. The van der Waals surface area contributed by atoms with Crippen molar-refractivity contribution in [3.63, 3.8) is 0 Å². The topological polar surface area (TPSA) is 63.4 Å². The van der Waals surface area contributed by atoms with Crippen LogP contribution in [0.1, 0.15) is 12.5 Å². The van der Waals surface area contributed by atoms with Crippen molar-refractivity contribution in [3.05, 3.63) is 41.5 Å². The van der Waals surface area contributed by atoms with E-state index < -0.39 is 0 Å². The number of nitrogens with zero attached hydrogens (tertiary/aromatic N) is 1. The second-order valence-corrected chi connectivity index (χ2v) is 3.68. The maximum atomic E-state index is 11.7. The molecule has 2 amide bonds. The average Bonchev–Trinajstić information content (AvgIpc) is 2.53. The molecular weight excluding hydrogens is 204 g/mol. The van der Waals surface area contributed by atoms with Crippen molar-refractivity contribution in [2.75, 3.05) is 4.90 Å². The molecule has 0 spiro atoms. The first-order valence-corrected chi connectivity index (χ1v) is 4.99. The third kappa shape index (κ3) is 1.63. The Hall–Kier alpha value is -1.94. The molecule has 1 aliphatic rings. The van der Waals surface area contributed by atoms with Crippen LogP contribution in [0.25, 0.3) is 0 Å². The Morgan fingerprint density at radius 3 is 2.62 bits per heavy atom. The van der Waals surface area contributed by atoms with Crippen LogP contribution < -0.4 is 10.6 Å². The fourth-order valence-electron chi connectivity index (χ4n) is 1.65. The van der Waals surface area contributed by atoms with Gasteiger partial charge < -0.3 is 5.73 Å². The molecule has 0 atom stereocenters. The smallest absolute Gasteiger partial charge is 0.261 e. The SMILES string of the molecule is CC1=CC(=O)N(c2cccc(CN)c2)C1=O. The van der Waals surface area contributed by atoms with Gasteiger partial charge in [-0.15, -0.1) is 0 Å². The third-order valence-corrected chi connectivity index (χ3v) is 2.51. The molecule has 1 aliphatic heterocycles. The van der Waals surface area contributed by atoms with Gasteiger partial charge in [0.15, 0.2) is 0 Å². The van der Waals surface area contributed by atoms with Crippen molar-refractivity contribution >= 4 is 17.5 Å². The van der Waals surface area contributed by atoms with Gasteiger partial charge in [0.25, 0.3) is 11.8 Å². The number of hydrogen-bond acceptors (Lipinski definition) is 3. The Bertz CT molecular complexity index is 492. The van der Waals surface area contributed by atoms with E-state index in [2.05, 4.69) is 0 Å². The van der Waals surface area contributed by atoms with Gasteiger partial charge in [-0.3, -0.25) is 9.59 Å². The monoisotopic (exact) mass is 216 g/mol. The standard InChI is InChI=1S/C12H12N2O2/c1-8-5-11(15)14(12(8)16)10-4-2-3-9(6-10)7-13/h2-6H,7,13H2,1H3. The summed E-state index contributed by atoms with van der Waals surface area (Å²) in [4.78, 5) is 24.5. The molecule has 0 saturated carbocycles. The van der Waals surface area contributed by atoms with Crippen LogP contribution in [0.3, 0.4) is 0 Å². The molecular formula is C12H12N2O2. The molecule has 0 aromatic heterocycles. The van der Waals surface area contributed by atoms with Gasteiger partial charge in [-0.2, -0.15) is 0 Å². The number of carbonyl (C=O) groups excluding carboxylic acids is 2. The molecule has 0 fully saturated rings. The van der Waals surface area contributed by atoms with Crippen molar-refractivity contribution in [1.29, 1.82) is 0 Å². The van der Waals surface area contributed by atoms with Gasteiger partial charge in [0.2, 0.25) is 0 Å². The minimum Gasteiger partial charge on any atom is -0.326 e. The number of benzene rings is 1. The van der Waals surface area contributed by atoms with Gasteiger partial charge in [0, 0.05) is 18.2 Å². The Morgan fingerprint density at radius 2 is 2.06 bits per heavy atom. The van der Waals surface area contributed by atoms with Gasteiger partial charge >= 0.3 is 0 Å². The van der Waals surface area contributed by atoms with Crippen LogP contribution in [-0.4, -0.2) is 11.8 Å². The van der Waals surface area contributed by atoms with Crippen molar-refractivity contribution < 1.29 is 9.59 Å². The van der Waals surface area contributed by atoms with E-state index in [4.69, 9.17) is 5.73 Å². The van der Waals surface area contributed by atoms with Gasteiger partial charge in [0.1, 0.15) is 0 Å². The largest absolute Gasteiger partial charge is 0.326 e. The highest BCUT2D eigenvalue weighted by Crippen LogP contribution is 2.22. The number of carbonyl (C=O) groups is 2. The maximum Gasteiger partial charge on any atom is 0.261 e. The van der Waals surface area contributed by atoms with Gasteiger partial charge in [-0.05, 0) is 24.6 Å². The zero-order valence-electron chi connectivity index (χ0n) is 8.93. The number of nitrogens with two attached hydrogens (primary N) is 1. The highest BCUT2D eigenvalue weighted by atomic mass is 16.2. The van der Waals surface area contributed by atoms with E-state index in [-0.39, 0.29) is 11.8 Å². The van der Waals surface area contributed by atoms with Crippen LogP contribution in [0.2, 0.25) is 0 Å². The summed E-state index contributed by atoms with van der Waals surface area (Å²) < 4.78 is 0. The zero-order chi connectivity index (χ0) is 11.7. The summed E-state index contributed by atoms with van der Waals surface area (Å²) in [7, 11) is 0. The van der Waals surface area contributed by atoms with Gasteiger partial charge in [-0.25, -0.2) is 4.90 Å². The summed E-state index contributed by atoms with van der Waals surface area (Å²) in [5.74, 6) is -0.559. The first-order valence-electron chi connectivity index (χ1n) is 4.99. The fourth-order valence-corrected chi connectivity index (χ4v) is 1.65. The first kappa shape index (κ1) is 10.6.